The second kappa shape index (κ2) is 9.28. The van der Waals surface area contributed by atoms with Crippen LogP contribution < -0.4 is 10.9 Å². The van der Waals surface area contributed by atoms with E-state index in [1.807, 2.05) is 48.2 Å². The van der Waals surface area contributed by atoms with E-state index in [-0.39, 0.29) is 23.9 Å². The van der Waals surface area contributed by atoms with Crippen molar-refractivity contribution < 1.29 is 4.79 Å². The van der Waals surface area contributed by atoms with Gasteiger partial charge in [0.25, 0.3) is 5.56 Å². The van der Waals surface area contributed by atoms with E-state index in [2.05, 4.69) is 34.3 Å². The van der Waals surface area contributed by atoms with Crippen molar-refractivity contribution in [1.29, 1.82) is 0 Å². The number of hydrogen-bond donors (Lipinski definition) is 2. The monoisotopic (exact) mass is 378 g/mol. The smallest absolute Gasteiger partial charge is 0.258 e. The predicted octanol–water partition coefficient (Wildman–Crippen LogP) is 2.66. The highest BCUT2D eigenvalue weighted by atomic mass is 16.2. The molecule has 6 heteroatoms. The molecule has 0 aliphatic rings. The second-order valence-electron chi connectivity index (χ2n) is 6.95. The van der Waals surface area contributed by atoms with Crippen molar-refractivity contribution >= 4 is 16.8 Å². The highest BCUT2D eigenvalue weighted by Gasteiger charge is 2.13. The zero-order valence-corrected chi connectivity index (χ0v) is 16.3. The van der Waals surface area contributed by atoms with Crippen LogP contribution in [0.1, 0.15) is 31.2 Å². The minimum Gasteiger partial charge on any atom is -0.354 e. The quantitative estimate of drug-likeness (QED) is 0.632. The molecule has 0 aliphatic heterocycles. The second-order valence-corrected chi connectivity index (χ2v) is 6.95. The number of benzene rings is 2. The number of para-hydroxylation sites is 1. The van der Waals surface area contributed by atoms with Crippen LogP contribution in [-0.4, -0.2) is 40.4 Å². The van der Waals surface area contributed by atoms with Crippen molar-refractivity contribution in [2.75, 3.05) is 19.6 Å². The van der Waals surface area contributed by atoms with Gasteiger partial charge in [0.15, 0.2) is 0 Å². The van der Waals surface area contributed by atoms with E-state index in [4.69, 9.17) is 0 Å². The van der Waals surface area contributed by atoms with Gasteiger partial charge >= 0.3 is 0 Å². The number of hydrogen-bond acceptors (Lipinski definition) is 4. The van der Waals surface area contributed by atoms with Gasteiger partial charge in [-0.05, 0) is 30.2 Å². The number of aromatic nitrogens is 2. The van der Waals surface area contributed by atoms with Gasteiger partial charge in [0.2, 0.25) is 5.91 Å². The van der Waals surface area contributed by atoms with Crippen LogP contribution in [0.15, 0.2) is 59.4 Å². The van der Waals surface area contributed by atoms with Crippen LogP contribution in [0.4, 0.5) is 0 Å². The molecule has 2 N–H and O–H groups in total. The highest BCUT2D eigenvalue weighted by Crippen LogP contribution is 2.13. The maximum absolute atomic E-state index is 12.4. The summed E-state index contributed by atoms with van der Waals surface area (Å²) >= 11 is 0. The Morgan fingerprint density at radius 2 is 1.86 bits per heavy atom. The molecule has 0 radical (unpaired) electrons. The zero-order chi connectivity index (χ0) is 19.9. The van der Waals surface area contributed by atoms with Crippen LogP contribution in [0.5, 0.6) is 0 Å². The summed E-state index contributed by atoms with van der Waals surface area (Å²) in [6.45, 7) is 6.02. The molecule has 2 aromatic carbocycles. The first-order valence-corrected chi connectivity index (χ1v) is 9.58. The Bertz CT molecular complexity index is 984. The maximum Gasteiger partial charge on any atom is 0.258 e. The lowest BCUT2D eigenvalue weighted by Crippen LogP contribution is -2.38. The Morgan fingerprint density at radius 3 is 2.61 bits per heavy atom. The summed E-state index contributed by atoms with van der Waals surface area (Å²) in [6, 6.07) is 17.4. The van der Waals surface area contributed by atoms with Gasteiger partial charge in [-0.1, -0.05) is 56.3 Å². The first kappa shape index (κ1) is 19.8. The van der Waals surface area contributed by atoms with Crippen LogP contribution in [0.25, 0.3) is 10.9 Å². The number of nitrogens with zero attached hydrogens (tertiary/aromatic N) is 2. The molecule has 28 heavy (non-hydrogen) atoms. The number of rotatable bonds is 8. The van der Waals surface area contributed by atoms with E-state index in [1.165, 1.54) is 5.56 Å². The van der Waals surface area contributed by atoms with Crippen molar-refractivity contribution in [2.24, 2.45) is 0 Å². The van der Waals surface area contributed by atoms with E-state index in [1.54, 1.807) is 6.07 Å². The standard InChI is InChI=1S/C22H26N4O2/c1-3-26(14-20-24-19-12-8-7-11-18(19)22(28)25-20)15-21(27)23-13-16(2)17-9-5-4-6-10-17/h4-12,16H,3,13-15H2,1-2H3,(H,23,27)(H,24,25,28)/t16-/m1/s1. The van der Waals surface area contributed by atoms with Crippen molar-refractivity contribution in [2.45, 2.75) is 26.3 Å². The van der Waals surface area contributed by atoms with E-state index in [0.717, 1.165) is 0 Å². The molecule has 0 bridgehead atoms. The maximum atomic E-state index is 12.4. The van der Waals surface area contributed by atoms with Gasteiger partial charge in [-0.25, -0.2) is 4.98 Å². The molecule has 3 rings (SSSR count). The summed E-state index contributed by atoms with van der Waals surface area (Å²) < 4.78 is 0. The lowest BCUT2D eigenvalue weighted by Gasteiger charge is -2.20. The van der Waals surface area contributed by atoms with Crippen molar-refractivity contribution in [3.05, 3.63) is 76.3 Å². The first-order valence-electron chi connectivity index (χ1n) is 9.58. The summed E-state index contributed by atoms with van der Waals surface area (Å²) in [5, 5.41) is 3.57. The fourth-order valence-corrected chi connectivity index (χ4v) is 3.13. The van der Waals surface area contributed by atoms with E-state index in [0.29, 0.717) is 36.4 Å². The minimum atomic E-state index is -0.155. The number of nitrogens with one attached hydrogen (secondary N) is 2. The summed E-state index contributed by atoms with van der Waals surface area (Å²) in [5.74, 6) is 0.780. The molecular formula is C22H26N4O2. The Kier molecular flexibility index (Phi) is 6.55. The third-order valence-corrected chi connectivity index (χ3v) is 4.82. The lowest BCUT2D eigenvalue weighted by molar-refractivity contribution is -0.122. The van der Waals surface area contributed by atoms with Gasteiger partial charge in [-0.3, -0.25) is 14.5 Å². The average molecular weight is 378 g/mol. The SMILES string of the molecule is CCN(CC(=O)NC[C@@H](C)c1ccccc1)Cc1nc2ccccc2c(=O)[nH]1. The normalized spacial score (nSPS) is 12.2. The topological polar surface area (TPSA) is 78.1 Å². The Labute approximate surface area is 164 Å². The minimum absolute atomic E-state index is 0.0345. The molecule has 0 saturated carbocycles. The molecule has 3 aromatic rings. The van der Waals surface area contributed by atoms with Crippen LogP contribution in [0, 0.1) is 0 Å². The largest absolute Gasteiger partial charge is 0.354 e. The zero-order valence-electron chi connectivity index (χ0n) is 16.3. The predicted molar refractivity (Wildman–Crippen MR) is 111 cm³/mol. The Morgan fingerprint density at radius 1 is 1.14 bits per heavy atom. The molecular weight excluding hydrogens is 352 g/mol. The third kappa shape index (κ3) is 5.04. The van der Waals surface area contributed by atoms with Gasteiger partial charge in [0.05, 0.1) is 24.0 Å². The Balaban J connectivity index is 1.58. The first-order chi connectivity index (χ1) is 13.6. The number of aromatic amines is 1. The third-order valence-electron chi connectivity index (χ3n) is 4.82. The van der Waals surface area contributed by atoms with Gasteiger partial charge < -0.3 is 10.3 Å². The molecule has 1 aromatic heterocycles. The van der Waals surface area contributed by atoms with Gasteiger partial charge in [-0.2, -0.15) is 0 Å². The number of carbonyl (C=O) groups excluding carboxylic acids is 1. The number of carbonyl (C=O) groups is 1. The summed E-state index contributed by atoms with van der Waals surface area (Å²) in [7, 11) is 0. The molecule has 0 aliphatic carbocycles. The number of fused-ring (bicyclic) bond motifs is 1. The van der Waals surface area contributed by atoms with Crippen molar-refractivity contribution in [3.8, 4) is 0 Å². The molecule has 6 nitrogen and oxygen atoms in total. The van der Waals surface area contributed by atoms with Gasteiger partial charge in [0, 0.05) is 6.54 Å². The molecule has 1 atom stereocenters. The van der Waals surface area contributed by atoms with Crippen molar-refractivity contribution in [3.63, 3.8) is 0 Å². The van der Waals surface area contributed by atoms with E-state index >= 15 is 0 Å². The van der Waals surface area contributed by atoms with Crippen LogP contribution >= 0.6 is 0 Å². The lowest BCUT2D eigenvalue weighted by atomic mass is 10.0. The molecule has 0 saturated heterocycles. The Hall–Kier alpha value is -2.99. The summed E-state index contributed by atoms with van der Waals surface area (Å²) in [5.41, 5.74) is 1.71. The molecule has 1 heterocycles. The molecule has 1 amide bonds. The number of likely N-dealkylation sites (N-methyl/N-ethyl adjacent to an activating group) is 1. The fourth-order valence-electron chi connectivity index (χ4n) is 3.13. The number of amides is 1. The summed E-state index contributed by atoms with van der Waals surface area (Å²) in [6.07, 6.45) is 0. The fraction of sp³-hybridized carbons (Fsp3) is 0.318. The number of H-pyrrole nitrogens is 1. The average Bonchev–Trinajstić information content (AvgIpc) is 2.72. The molecule has 0 fully saturated rings. The molecule has 146 valence electrons. The van der Waals surface area contributed by atoms with Crippen molar-refractivity contribution in [1.82, 2.24) is 20.2 Å². The van der Waals surface area contributed by atoms with E-state index in [9.17, 15) is 9.59 Å². The molecule has 0 unspecified atom stereocenters. The van der Waals surface area contributed by atoms with Gasteiger partial charge in [-0.15, -0.1) is 0 Å². The van der Waals surface area contributed by atoms with Crippen LogP contribution in [0.3, 0.4) is 0 Å². The van der Waals surface area contributed by atoms with Crippen LogP contribution in [0.2, 0.25) is 0 Å². The van der Waals surface area contributed by atoms with Crippen LogP contribution in [-0.2, 0) is 11.3 Å². The molecule has 0 spiro atoms. The highest BCUT2D eigenvalue weighted by molar-refractivity contribution is 5.78. The van der Waals surface area contributed by atoms with E-state index < -0.39 is 0 Å². The summed E-state index contributed by atoms with van der Waals surface area (Å²) in [4.78, 5) is 33.9. The van der Waals surface area contributed by atoms with Gasteiger partial charge in [0.1, 0.15) is 5.82 Å².